The molecule has 1 aliphatic rings. The van der Waals surface area contributed by atoms with Crippen molar-refractivity contribution < 1.29 is 14.6 Å². The summed E-state index contributed by atoms with van der Waals surface area (Å²) in [5.74, 6) is -0.0774. The Morgan fingerprint density at radius 2 is 1.96 bits per heavy atom. The quantitative estimate of drug-likeness (QED) is 0.668. The number of nitrogens with zero attached hydrogens (tertiary/aromatic N) is 1. The van der Waals surface area contributed by atoms with Crippen molar-refractivity contribution in [3.8, 4) is 5.75 Å². The largest absolute Gasteiger partial charge is 0.485 e. The van der Waals surface area contributed by atoms with Gasteiger partial charge in [0, 0.05) is 11.1 Å². The number of anilines is 1. The van der Waals surface area contributed by atoms with Crippen LogP contribution in [0, 0.1) is 0 Å². The standard InChI is InChI=1S/C18H16N2O3/c1-12-15(10-14-4-2-3-5-17(14)23-12)11-19-20-16-8-6-13(7-9-16)18(21)22/h2-12,20H,1H3,(H,21,22)/b19-11-/t12-/m0/s1. The molecule has 5 nitrogen and oxygen atoms in total. The summed E-state index contributed by atoms with van der Waals surface area (Å²) in [5, 5.41) is 13.1. The number of benzene rings is 2. The van der Waals surface area contributed by atoms with Crippen molar-refractivity contribution in [1.82, 2.24) is 0 Å². The van der Waals surface area contributed by atoms with E-state index in [9.17, 15) is 4.79 Å². The first-order valence-corrected chi connectivity index (χ1v) is 7.23. The molecule has 2 aromatic carbocycles. The third-order valence-electron chi connectivity index (χ3n) is 3.55. The molecule has 2 aromatic rings. The van der Waals surface area contributed by atoms with E-state index in [-0.39, 0.29) is 11.7 Å². The Kier molecular flexibility index (Phi) is 4.10. The summed E-state index contributed by atoms with van der Waals surface area (Å²) in [6.07, 6.45) is 3.68. The van der Waals surface area contributed by atoms with Crippen LogP contribution in [0.4, 0.5) is 5.69 Å². The predicted molar refractivity (Wildman–Crippen MR) is 90.0 cm³/mol. The summed E-state index contributed by atoms with van der Waals surface area (Å²) in [7, 11) is 0. The minimum absolute atomic E-state index is 0.0789. The molecule has 0 fully saturated rings. The van der Waals surface area contributed by atoms with Gasteiger partial charge in [0.25, 0.3) is 0 Å². The third kappa shape index (κ3) is 3.40. The van der Waals surface area contributed by atoms with Crippen LogP contribution >= 0.6 is 0 Å². The summed E-state index contributed by atoms with van der Waals surface area (Å²) in [6.45, 7) is 1.97. The van der Waals surface area contributed by atoms with Gasteiger partial charge in [-0.05, 0) is 43.3 Å². The van der Waals surface area contributed by atoms with E-state index in [1.807, 2.05) is 37.3 Å². The molecule has 5 heteroatoms. The van der Waals surface area contributed by atoms with E-state index >= 15 is 0 Å². The van der Waals surface area contributed by atoms with Gasteiger partial charge in [0.15, 0.2) is 0 Å². The SMILES string of the molecule is C[C@@H]1Oc2ccccc2C=C1/C=N\Nc1ccc(C(=O)O)cc1. The van der Waals surface area contributed by atoms with Crippen molar-refractivity contribution >= 4 is 23.9 Å². The zero-order chi connectivity index (χ0) is 16.2. The summed E-state index contributed by atoms with van der Waals surface area (Å²) in [4.78, 5) is 10.8. The van der Waals surface area contributed by atoms with Gasteiger partial charge in [-0.2, -0.15) is 5.10 Å². The average molecular weight is 308 g/mol. The minimum atomic E-state index is -0.947. The molecule has 1 aliphatic heterocycles. The van der Waals surface area contributed by atoms with Crippen LogP contribution in [0.1, 0.15) is 22.8 Å². The Morgan fingerprint density at radius 3 is 2.70 bits per heavy atom. The molecule has 23 heavy (non-hydrogen) atoms. The highest BCUT2D eigenvalue weighted by atomic mass is 16.5. The number of hydrogen-bond donors (Lipinski definition) is 2. The molecule has 0 saturated heterocycles. The molecule has 0 amide bonds. The molecule has 0 aromatic heterocycles. The van der Waals surface area contributed by atoms with Gasteiger partial charge in [-0.3, -0.25) is 5.43 Å². The van der Waals surface area contributed by atoms with Gasteiger partial charge in [-0.25, -0.2) is 4.79 Å². The molecule has 0 bridgehead atoms. The normalized spacial score (nSPS) is 16.4. The number of para-hydroxylation sites is 1. The third-order valence-corrected chi connectivity index (χ3v) is 3.55. The van der Waals surface area contributed by atoms with Crippen LogP contribution in [0.15, 0.2) is 59.2 Å². The molecule has 0 unspecified atom stereocenters. The maximum absolute atomic E-state index is 10.8. The molecule has 3 rings (SSSR count). The van der Waals surface area contributed by atoms with Crippen LogP contribution in [0.2, 0.25) is 0 Å². The van der Waals surface area contributed by atoms with Crippen molar-refractivity contribution in [2.24, 2.45) is 5.10 Å². The van der Waals surface area contributed by atoms with Gasteiger partial charge in [0.1, 0.15) is 11.9 Å². The van der Waals surface area contributed by atoms with Gasteiger partial charge in [0.05, 0.1) is 17.5 Å². The Labute approximate surface area is 133 Å². The molecule has 0 aliphatic carbocycles. The fourth-order valence-corrected chi connectivity index (χ4v) is 2.27. The van der Waals surface area contributed by atoms with Gasteiger partial charge in [-0.1, -0.05) is 18.2 Å². The van der Waals surface area contributed by atoms with E-state index < -0.39 is 5.97 Å². The predicted octanol–water partition coefficient (Wildman–Crippen LogP) is 3.65. The van der Waals surface area contributed by atoms with E-state index in [0.29, 0.717) is 0 Å². The Balaban J connectivity index is 1.70. The lowest BCUT2D eigenvalue weighted by molar-refractivity contribution is 0.0697. The highest BCUT2D eigenvalue weighted by molar-refractivity contribution is 5.89. The zero-order valence-electron chi connectivity index (χ0n) is 12.6. The maximum atomic E-state index is 10.8. The van der Waals surface area contributed by atoms with Gasteiger partial charge < -0.3 is 9.84 Å². The number of fused-ring (bicyclic) bond motifs is 1. The second kappa shape index (κ2) is 6.36. The van der Waals surface area contributed by atoms with E-state index in [1.54, 1.807) is 18.3 Å². The first kappa shape index (κ1) is 14.8. The Bertz CT molecular complexity index is 779. The number of ether oxygens (including phenoxy) is 1. The lowest BCUT2D eigenvalue weighted by Gasteiger charge is -2.22. The topological polar surface area (TPSA) is 70.9 Å². The molecule has 1 heterocycles. The molecule has 0 radical (unpaired) electrons. The molecular formula is C18H16N2O3. The summed E-state index contributed by atoms with van der Waals surface area (Å²) in [5.41, 5.74) is 5.83. The smallest absolute Gasteiger partial charge is 0.335 e. The monoisotopic (exact) mass is 308 g/mol. The van der Waals surface area contributed by atoms with Gasteiger partial charge in [-0.15, -0.1) is 0 Å². The zero-order valence-corrected chi connectivity index (χ0v) is 12.6. The van der Waals surface area contributed by atoms with E-state index in [4.69, 9.17) is 9.84 Å². The second-order valence-corrected chi connectivity index (χ2v) is 5.19. The fourth-order valence-electron chi connectivity index (χ4n) is 2.27. The van der Waals surface area contributed by atoms with Gasteiger partial charge >= 0.3 is 5.97 Å². The van der Waals surface area contributed by atoms with E-state index in [0.717, 1.165) is 22.6 Å². The summed E-state index contributed by atoms with van der Waals surface area (Å²) >= 11 is 0. The number of carbonyl (C=O) groups is 1. The summed E-state index contributed by atoms with van der Waals surface area (Å²) < 4.78 is 5.84. The molecule has 0 saturated carbocycles. The van der Waals surface area contributed by atoms with E-state index in [2.05, 4.69) is 10.5 Å². The number of hydrazone groups is 1. The number of hydrogen-bond acceptors (Lipinski definition) is 4. The molecule has 1 atom stereocenters. The number of nitrogens with one attached hydrogen (secondary N) is 1. The average Bonchev–Trinajstić information content (AvgIpc) is 2.56. The molecule has 0 spiro atoms. The van der Waals surface area contributed by atoms with Crippen LogP contribution < -0.4 is 10.2 Å². The van der Waals surface area contributed by atoms with Crippen LogP contribution in [0.3, 0.4) is 0 Å². The van der Waals surface area contributed by atoms with Crippen LogP contribution in [-0.4, -0.2) is 23.4 Å². The number of carboxylic acids is 1. The lowest BCUT2D eigenvalue weighted by atomic mass is 10.0. The van der Waals surface area contributed by atoms with Gasteiger partial charge in [0.2, 0.25) is 0 Å². The first-order valence-electron chi connectivity index (χ1n) is 7.23. The number of rotatable bonds is 4. The van der Waals surface area contributed by atoms with Crippen molar-refractivity contribution in [1.29, 1.82) is 0 Å². The van der Waals surface area contributed by atoms with Crippen LogP contribution in [-0.2, 0) is 0 Å². The minimum Gasteiger partial charge on any atom is -0.485 e. The van der Waals surface area contributed by atoms with Crippen LogP contribution in [0.5, 0.6) is 5.75 Å². The molecular weight excluding hydrogens is 292 g/mol. The Morgan fingerprint density at radius 1 is 1.22 bits per heavy atom. The number of carboxylic acid groups (broad SMARTS) is 1. The maximum Gasteiger partial charge on any atom is 0.335 e. The molecule has 116 valence electrons. The van der Waals surface area contributed by atoms with Crippen molar-refractivity contribution in [3.05, 3.63) is 65.2 Å². The van der Waals surface area contributed by atoms with Crippen molar-refractivity contribution in [2.45, 2.75) is 13.0 Å². The second-order valence-electron chi connectivity index (χ2n) is 5.19. The van der Waals surface area contributed by atoms with Crippen LogP contribution in [0.25, 0.3) is 6.08 Å². The first-order chi connectivity index (χ1) is 11.1. The summed E-state index contributed by atoms with van der Waals surface area (Å²) in [6, 6.07) is 14.2. The fraction of sp³-hybridized carbons (Fsp3) is 0.111. The van der Waals surface area contributed by atoms with E-state index in [1.165, 1.54) is 12.1 Å². The lowest BCUT2D eigenvalue weighted by Crippen LogP contribution is -2.19. The highest BCUT2D eigenvalue weighted by Crippen LogP contribution is 2.28. The number of aromatic carboxylic acids is 1. The highest BCUT2D eigenvalue weighted by Gasteiger charge is 2.16. The van der Waals surface area contributed by atoms with Crippen molar-refractivity contribution in [3.63, 3.8) is 0 Å². The van der Waals surface area contributed by atoms with Crippen molar-refractivity contribution in [2.75, 3.05) is 5.43 Å². The Hall–Kier alpha value is -3.08. The molecule has 2 N–H and O–H groups in total.